The number of sulfonamides is 1. The number of non-ortho nitro benzene ring substituents is 1. The van der Waals surface area contributed by atoms with E-state index in [0.29, 0.717) is 5.56 Å². The van der Waals surface area contributed by atoms with Gasteiger partial charge in [-0.05, 0) is 17.2 Å². The number of hydrogen-bond donors (Lipinski definition) is 2. The van der Waals surface area contributed by atoms with E-state index in [1.807, 2.05) is 0 Å². The quantitative estimate of drug-likeness (QED) is 0.623. The van der Waals surface area contributed by atoms with E-state index >= 15 is 0 Å². The first-order chi connectivity index (χ1) is 9.46. The van der Waals surface area contributed by atoms with E-state index in [9.17, 15) is 18.5 Å². The molecule has 0 saturated heterocycles. The number of nitro groups is 1. The molecule has 0 atom stereocenters. The van der Waals surface area contributed by atoms with Gasteiger partial charge < -0.3 is 4.98 Å². The van der Waals surface area contributed by atoms with Crippen LogP contribution in [0.15, 0.2) is 42.7 Å². The second kappa shape index (κ2) is 5.85. The normalized spacial score (nSPS) is 11.4. The fraction of sp³-hybridized carbons (Fsp3) is 0.167. The van der Waals surface area contributed by atoms with Gasteiger partial charge in [0.2, 0.25) is 10.0 Å². The maximum atomic E-state index is 11.9. The van der Waals surface area contributed by atoms with Crippen LogP contribution in [0.4, 0.5) is 5.69 Å². The fourth-order valence-corrected chi connectivity index (χ4v) is 2.77. The first-order valence-electron chi connectivity index (χ1n) is 5.78. The van der Waals surface area contributed by atoms with E-state index in [4.69, 9.17) is 0 Å². The van der Waals surface area contributed by atoms with E-state index in [2.05, 4.69) is 9.71 Å². The Morgan fingerprint density at radius 2 is 1.85 bits per heavy atom. The van der Waals surface area contributed by atoms with Crippen LogP contribution in [0, 0.1) is 10.1 Å². The van der Waals surface area contributed by atoms with Crippen molar-refractivity contribution in [3.63, 3.8) is 0 Å². The van der Waals surface area contributed by atoms with Crippen LogP contribution < -0.4 is 4.72 Å². The molecule has 0 fully saturated rings. The van der Waals surface area contributed by atoms with Gasteiger partial charge in [-0.1, -0.05) is 12.1 Å². The number of hydrogen-bond acceptors (Lipinski definition) is 4. The number of nitro benzene ring substituents is 1. The van der Waals surface area contributed by atoms with Crippen LogP contribution in [0.25, 0.3) is 0 Å². The molecular formula is C12H13N3O4S. The third kappa shape index (κ3) is 3.90. The largest absolute Gasteiger partial charge is 0.367 e. The van der Waals surface area contributed by atoms with Crippen LogP contribution >= 0.6 is 0 Å². The first-order valence-corrected chi connectivity index (χ1v) is 7.44. The molecule has 0 amide bonds. The van der Waals surface area contributed by atoms with Gasteiger partial charge in [0, 0.05) is 31.1 Å². The molecule has 8 heteroatoms. The van der Waals surface area contributed by atoms with Gasteiger partial charge in [-0.2, -0.15) is 0 Å². The molecule has 2 aromatic rings. The summed E-state index contributed by atoms with van der Waals surface area (Å²) < 4.78 is 26.2. The number of nitrogens with zero attached hydrogens (tertiary/aromatic N) is 1. The van der Waals surface area contributed by atoms with E-state index in [1.54, 1.807) is 18.5 Å². The van der Waals surface area contributed by atoms with Crippen molar-refractivity contribution in [2.45, 2.75) is 12.3 Å². The molecule has 2 N–H and O–H groups in total. The zero-order chi connectivity index (χ0) is 14.6. The average molecular weight is 295 g/mol. The Hall–Kier alpha value is -2.19. The summed E-state index contributed by atoms with van der Waals surface area (Å²) in [5, 5.41) is 10.5. The molecule has 1 aromatic carbocycles. The van der Waals surface area contributed by atoms with Gasteiger partial charge in [0.25, 0.3) is 5.69 Å². The predicted octanol–water partition coefficient (Wildman–Crippen LogP) is 1.54. The van der Waals surface area contributed by atoms with E-state index in [0.717, 1.165) is 5.56 Å². The van der Waals surface area contributed by atoms with Crippen LogP contribution in [0.2, 0.25) is 0 Å². The summed E-state index contributed by atoms with van der Waals surface area (Å²) in [6.07, 6.45) is 3.41. The lowest BCUT2D eigenvalue weighted by molar-refractivity contribution is -0.384. The van der Waals surface area contributed by atoms with E-state index < -0.39 is 14.9 Å². The Morgan fingerprint density at radius 3 is 2.40 bits per heavy atom. The topological polar surface area (TPSA) is 105 Å². The standard InChI is InChI=1S/C12H13N3O4S/c16-15(17)12-3-1-10(2-4-12)9-20(18,19)14-8-11-5-6-13-7-11/h1-7,13-14H,8-9H2. The lowest BCUT2D eigenvalue weighted by atomic mass is 10.2. The SMILES string of the molecule is O=[N+]([O-])c1ccc(CS(=O)(=O)NCc2cc[nH]c2)cc1. The Morgan fingerprint density at radius 1 is 1.15 bits per heavy atom. The molecule has 2 rings (SSSR count). The van der Waals surface area contributed by atoms with Crippen molar-refractivity contribution in [2.75, 3.05) is 0 Å². The smallest absolute Gasteiger partial charge is 0.269 e. The number of aromatic nitrogens is 1. The Balaban J connectivity index is 1.98. The molecule has 1 heterocycles. The predicted molar refractivity (Wildman–Crippen MR) is 73.4 cm³/mol. The molecular weight excluding hydrogens is 282 g/mol. The number of nitrogens with one attached hydrogen (secondary N) is 2. The highest BCUT2D eigenvalue weighted by Gasteiger charge is 2.12. The second-order valence-electron chi connectivity index (χ2n) is 4.22. The van der Waals surface area contributed by atoms with Crippen LogP contribution in [-0.4, -0.2) is 18.3 Å². The summed E-state index contributed by atoms with van der Waals surface area (Å²) in [6.45, 7) is 0.207. The number of H-pyrrole nitrogens is 1. The maximum Gasteiger partial charge on any atom is 0.269 e. The van der Waals surface area contributed by atoms with Crippen LogP contribution in [0.3, 0.4) is 0 Å². The molecule has 7 nitrogen and oxygen atoms in total. The number of aromatic amines is 1. The van der Waals surface area contributed by atoms with Gasteiger partial charge in [-0.25, -0.2) is 13.1 Å². The summed E-state index contributed by atoms with van der Waals surface area (Å²) in [4.78, 5) is 12.8. The average Bonchev–Trinajstić information content (AvgIpc) is 2.90. The number of benzene rings is 1. The lowest BCUT2D eigenvalue weighted by Crippen LogP contribution is -2.24. The van der Waals surface area contributed by atoms with Gasteiger partial charge in [0.1, 0.15) is 0 Å². The minimum Gasteiger partial charge on any atom is -0.367 e. The van der Waals surface area contributed by atoms with Crippen molar-refractivity contribution in [3.05, 3.63) is 64.0 Å². The Kier molecular flexibility index (Phi) is 4.16. The lowest BCUT2D eigenvalue weighted by Gasteiger charge is -2.05. The minimum absolute atomic E-state index is 0.0635. The van der Waals surface area contributed by atoms with Gasteiger partial charge in [0.15, 0.2) is 0 Å². The van der Waals surface area contributed by atoms with Gasteiger partial charge in [0.05, 0.1) is 10.7 Å². The second-order valence-corrected chi connectivity index (χ2v) is 6.03. The van der Waals surface area contributed by atoms with Crippen molar-refractivity contribution >= 4 is 15.7 Å². The molecule has 0 aliphatic carbocycles. The third-order valence-corrected chi connectivity index (χ3v) is 3.96. The molecule has 0 aliphatic rings. The van der Waals surface area contributed by atoms with Gasteiger partial charge >= 0.3 is 0 Å². The van der Waals surface area contributed by atoms with E-state index in [-0.39, 0.29) is 18.0 Å². The Labute approximate surface area is 115 Å². The van der Waals surface area contributed by atoms with Crippen molar-refractivity contribution in [3.8, 4) is 0 Å². The number of rotatable bonds is 6. The molecule has 0 aliphatic heterocycles. The highest BCUT2D eigenvalue weighted by Crippen LogP contribution is 2.13. The maximum absolute atomic E-state index is 11.9. The summed E-state index contributed by atoms with van der Waals surface area (Å²) in [5.74, 6) is -0.213. The summed E-state index contributed by atoms with van der Waals surface area (Å²) >= 11 is 0. The zero-order valence-corrected chi connectivity index (χ0v) is 11.3. The molecule has 106 valence electrons. The van der Waals surface area contributed by atoms with Crippen LogP contribution in [-0.2, 0) is 22.3 Å². The molecule has 0 bridgehead atoms. The zero-order valence-electron chi connectivity index (χ0n) is 10.4. The molecule has 1 aromatic heterocycles. The summed E-state index contributed by atoms with van der Waals surface area (Å²) in [7, 11) is -3.48. The van der Waals surface area contributed by atoms with Crippen LogP contribution in [0.1, 0.15) is 11.1 Å². The molecule has 0 saturated carbocycles. The fourth-order valence-electron chi connectivity index (χ4n) is 1.65. The highest BCUT2D eigenvalue weighted by molar-refractivity contribution is 7.88. The minimum atomic E-state index is -3.48. The van der Waals surface area contributed by atoms with E-state index in [1.165, 1.54) is 24.3 Å². The highest BCUT2D eigenvalue weighted by atomic mass is 32.2. The van der Waals surface area contributed by atoms with Crippen molar-refractivity contribution in [1.29, 1.82) is 0 Å². The van der Waals surface area contributed by atoms with Gasteiger partial charge in [-0.3, -0.25) is 10.1 Å². The molecule has 20 heavy (non-hydrogen) atoms. The monoisotopic (exact) mass is 295 g/mol. The molecule has 0 radical (unpaired) electrons. The first kappa shape index (κ1) is 14.2. The molecule has 0 spiro atoms. The third-order valence-electron chi connectivity index (χ3n) is 2.66. The summed E-state index contributed by atoms with van der Waals surface area (Å²) in [5.41, 5.74) is 1.26. The van der Waals surface area contributed by atoms with Crippen LogP contribution in [0.5, 0.6) is 0 Å². The Bertz CT molecular complexity index is 678. The van der Waals surface area contributed by atoms with Crippen molar-refractivity contribution in [2.24, 2.45) is 0 Å². The van der Waals surface area contributed by atoms with Gasteiger partial charge in [-0.15, -0.1) is 0 Å². The van der Waals surface area contributed by atoms with Crippen molar-refractivity contribution < 1.29 is 13.3 Å². The molecule has 0 unspecified atom stereocenters. The van der Waals surface area contributed by atoms with Crippen molar-refractivity contribution in [1.82, 2.24) is 9.71 Å². The summed E-state index contributed by atoms with van der Waals surface area (Å²) in [6, 6.07) is 7.23.